The smallest absolute Gasteiger partial charge is 0.136 e. The molecular formula is C13H15BrN4. The Morgan fingerprint density at radius 3 is 2.61 bits per heavy atom. The minimum Gasteiger partial charge on any atom is -0.384 e. The van der Waals surface area contributed by atoms with Crippen LogP contribution < -0.4 is 11.1 Å². The Bertz CT molecular complexity index is 554. The van der Waals surface area contributed by atoms with Gasteiger partial charge >= 0.3 is 0 Å². The summed E-state index contributed by atoms with van der Waals surface area (Å²) in [7, 11) is 0. The summed E-state index contributed by atoms with van der Waals surface area (Å²) in [6.45, 7) is 4.08. The first-order valence-electron chi connectivity index (χ1n) is 5.72. The van der Waals surface area contributed by atoms with Gasteiger partial charge in [0.25, 0.3) is 0 Å². The van der Waals surface area contributed by atoms with E-state index in [1.165, 1.54) is 0 Å². The second-order valence-electron chi connectivity index (χ2n) is 4.30. The van der Waals surface area contributed by atoms with E-state index < -0.39 is 0 Å². The van der Waals surface area contributed by atoms with Gasteiger partial charge in [0.2, 0.25) is 0 Å². The van der Waals surface area contributed by atoms with Crippen LogP contribution in [0.2, 0.25) is 0 Å². The second-order valence-corrected chi connectivity index (χ2v) is 5.15. The third-order valence-corrected chi connectivity index (χ3v) is 3.11. The lowest BCUT2D eigenvalue weighted by Gasteiger charge is -2.11. The van der Waals surface area contributed by atoms with E-state index in [1.54, 1.807) is 6.07 Å². The number of benzene rings is 1. The van der Waals surface area contributed by atoms with E-state index in [0.29, 0.717) is 11.6 Å². The second kappa shape index (κ2) is 5.35. The average molecular weight is 307 g/mol. The SMILES string of the molecule is CC(C)c1nc(N)cc(Nc2ccccc2Br)n1. The number of nitrogen functional groups attached to an aromatic ring is 1. The van der Waals surface area contributed by atoms with Gasteiger partial charge in [0.05, 0.1) is 5.69 Å². The van der Waals surface area contributed by atoms with Crippen molar-refractivity contribution >= 4 is 33.3 Å². The fourth-order valence-electron chi connectivity index (χ4n) is 1.51. The van der Waals surface area contributed by atoms with Crippen LogP contribution in [-0.4, -0.2) is 9.97 Å². The highest BCUT2D eigenvalue weighted by Gasteiger charge is 2.07. The van der Waals surface area contributed by atoms with Gasteiger partial charge in [-0.1, -0.05) is 26.0 Å². The predicted octanol–water partition coefficient (Wildman–Crippen LogP) is 3.69. The van der Waals surface area contributed by atoms with Crippen LogP contribution in [0.1, 0.15) is 25.6 Å². The van der Waals surface area contributed by atoms with Crippen LogP contribution in [0.3, 0.4) is 0 Å². The van der Waals surface area contributed by atoms with Crippen molar-refractivity contribution < 1.29 is 0 Å². The molecule has 2 aromatic rings. The predicted molar refractivity (Wildman–Crippen MR) is 78.0 cm³/mol. The summed E-state index contributed by atoms with van der Waals surface area (Å²) in [6.07, 6.45) is 0. The van der Waals surface area contributed by atoms with Gasteiger partial charge < -0.3 is 11.1 Å². The van der Waals surface area contributed by atoms with Gasteiger partial charge in [0.15, 0.2) is 0 Å². The Balaban J connectivity index is 2.32. The summed E-state index contributed by atoms with van der Waals surface area (Å²) in [5.41, 5.74) is 6.74. The zero-order chi connectivity index (χ0) is 13.1. The number of aromatic nitrogens is 2. The van der Waals surface area contributed by atoms with Crippen LogP contribution in [0.4, 0.5) is 17.3 Å². The molecule has 0 aliphatic carbocycles. The lowest BCUT2D eigenvalue weighted by atomic mass is 10.2. The molecule has 0 aliphatic heterocycles. The normalized spacial score (nSPS) is 10.7. The lowest BCUT2D eigenvalue weighted by molar-refractivity contribution is 0.779. The number of nitrogens with zero attached hydrogens (tertiary/aromatic N) is 2. The summed E-state index contributed by atoms with van der Waals surface area (Å²) in [6, 6.07) is 9.59. The van der Waals surface area contributed by atoms with Crippen LogP contribution in [0, 0.1) is 0 Å². The number of nitrogens with one attached hydrogen (secondary N) is 1. The van der Waals surface area contributed by atoms with Gasteiger partial charge in [-0.2, -0.15) is 0 Å². The number of nitrogens with two attached hydrogens (primary N) is 1. The van der Waals surface area contributed by atoms with Crippen LogP contribution in [-0.2, 0) is 0 Å². The number of halogens is 1. The molecule has 0 fully saturated rings. The van der Waals surface area contributed by atoms with Crippen LogP contribution >= 0.6 is 15.9 Å². The van der Waals surface area contributed by atoms with Crippen molar-refractivity contribution in [3.05, 3.63) is 40.6 Å². The van der Waals surface area contributed by atoms with E-state index in [1.807, 2.05) is 38.1 Å². The molecule has 2 rings (SSSR count). The van der Waals surface area contributed by atoms with Crippen molar-refractivity contribution in [1.29, 1.82) is 0 Å². The maximum Gasteiger partial charge on any atom is 0.136 e. The number of rotatable bonds is 3. The molecule has 0 spiro atoms. The molecule has 94 valence electrons. The largest absolute Gasteiger partial charge is 0.384 e. The van der Waals surface area contributed by atoms with Crippen molar-refractivity contribution in [3.63, 3.8) is 0 Å². The minimum absolute atomic E-state index is 0.244. The molecule has 0 aliphatic rings. The number of hydrogen-bond acceptors (Lipinski definition) is 4. The fraction of sp³-hybridized carbons (Fsp3) is 0.231. The molecule has 18 heavy (non-hydrogen) atoms. The van der Waals surface area contributed by atoms with Gasteiger partial charge in [-0.3, -0.25) is 0 Å². The van der Waals surface area contributed by atoms with E-state index in [2.05, 4.69) is 31.2 Å². The first-order chi connectivity index (χ1) is 8.56. The first kappa shape index (κ1) is 12.8. The van der Waals surface area contributed by atoms with Crippen LogP contribution in [0.25, 0.3) is 0 Å². The van der Waals surface area contributed by atoms with Crippen LogP contribution in [0.5, 0.6) is 0 Å². The minimum atomic E-state index is 0.244. The highest BCUT2D eigenvalue weighted by atomic mass is 79.9. The topological polar surface area (TPSA) is 63.8 Å². The summed E-state index contributed by atoms with van der Waals surface area (Å²) in [5.74, 6) is 2.17. The molecule has 5 heteroatoms. The van der Waals surface area contributed by atoms with Crippen LogP contribution in [0.15, 0.2) is 34.8 Å². The van der Waals surface area contributed by atoms with Gasteiger partial charge in [-0.15, -0.1) is 0 Å². The molecule has 0 saturated heterocycles. The molecular weight excluding hydrogens is 292 g/mol. The number of hydrogen-bond donors (Lipinski definition) is 2. The molecule has 0 radical (unpaired) electrons. The molecule has 4 nitrogen and oxygen atoms in total. The van der Waals surface area contributed by atoms with E-state index in [4.69, 9.17) is 5.73 Å². The third-order valence-electron chi connectivity index (χ3n) is 2.42. The molecule has 1 aromatic carbocycles. The zero-order valence-electron chi connectivity index (χ0n) is 10.3. The Hall–Kier alpha value is -1.62. The van der Waals surface area contributed by atoms with Gasteiger partial charge in [0, 0.05) is 16.5 Å². The van der Waals surface area contributed by atoms with E-state index in [-0.39, 0.29) is 5.92 Å². The standard InChI is InChI=1S/C13H15BrN4/c1-8(2)13-17-11(15)7-12(18-13)16-10-6-4-3-5-9(10)14/h3-8H,1-2H3,(H3,15,16,17,18). The highest BCUT2D eigenvalue weighted by Crippen LogP contribution is 2.25. The molecule has 1 heterocycles. The van der Waals surface area contributed by atoms with Gasteiger partial charge in [-0.25, -0.2) is 9.97 Å². The average Bonchev–Trinajstić information content (AvgIpc) is 2.31. The summed E-state index contributed by atoms with van der Waals surface area (Å²) in [4.78, 5) is 8.66. The third kappa shape index (κ3) is 2.98. The maximum atomic E-state index is 5.79. The molecule has 0 bridgehead atoms. The van der Waals surface area contributed by atoms with E-state index >= 15 is 0 Å². The fourth-order valence-corrected chi connectivity index (χ4v) is 1.89. The van der Waals surface area contributed by atoms with E-state index in [9.17, 15) is 0 Å². The summed E-state index contributed by atoms with van der Waals surface area (Å²) >= 11 is 3.48. The quantitative estimate of drug-likeness (QED) is 0.908. The molecule has 0 unspecified atom stereocenters. The molecule has 1 aromatic heterocycles. The van der Waals surface area contributed by atoms with E-state index in [0.717, 1.165) is 16.0 Å². The Labute approximate surface area is 115 Å². The lowest BCUT2D eigenvalue weighted by Crippen LogP contribution is -2.05. The molecule has 0 atom stereocenters. The summed E-state index contributed by atoms with van der Waals surface area (Å²) in [5, 5.41) is 3.23. The molecule has 3 N–H and O–H groups in total. The highest BCUT2D eigenvalue weighted by molar-refractivity contribution is 9.10. The maximum absolute atomic E-state index is 5.79. The Morgan fingerprint density at radius 1 is 1.22 bits per heavy atom. The van der Waals surface area contributed by atoms with Crippen molar-refractivity contribution in [2.24, 2.45) is 0 Å². The first-order valence-corrected chi connectivity index (χ1v) is 6.51. The van der Waals surface area contributed by atoms with Crippen molar-refractivity contribution in [3.8, 4) is 0 Å². The zero-order valence-corrected chi connectivity index (χ0v) is 11.9. The monoisotopic (exact) mass is 306 g/mol. The number of para-hydroxylation sites is 1. The summed E-state index contributed by atoms with van der Waals surface area (Å²) < 4.78 is 0.980. The van der Waals surface area contributed by atoms with Crippen molar-refractivity contribution in [1.82, 2.24) is 9.97 Å². The van der Waals surface area contributed by atoms with Gasteiger partial charge in [-0.05, 0) is 28.1 Å². The Morgan fingerprint density at radius 2 is 1.94 bits per heavy atom. The molecule has 0 amide bonds. The van der Waals surface area contributed by atoms with Crippen molar-refractivity contribution in [2.75, 3.05) is 11.1 Å². The Kier molecular flexibility index (Phi) is 3.81. The van der Waals surface area contributed by atoms with Gasteiger partial charge in [0.1, 0.15) is 17.5 Å². The van der Waals surface area contributed by atoms with Crippen molar-refractivity contribution in [2.45, 2.75) is 19.8 Å². The molecule has 0 saturated carbocycles. The number of anilines is 3.